The molecule has 0 atom stereocenters. The number of rotatable bonds is 0. The van der Waals surface area contributed by atoms with Crippen molar-refractivity contribution >= 4 is 22.8 Å². The van der Waals surface area contributed by atoms with Crippen molar-refractivity contribution in [1.29, 1.82) is 0 Å². The molecule has 0 aromatic heterocycles. The predicted molar refractivity (Wildman–Crippen MR) is 45.5 cm³/mol. The zero-order chi connectivity index (χ0) is 6.50. The third-order valence-corrected chi connectivity index (χ3v) is 0. The minimum Gasteiger partial charge on any atom is -0.412 e. The summed E-state index contributed by atoms with van der Waals surface area (Å²) in [7, 11) is -4.67. The van der Waals surface area contributed by atoms with Crippen molar-refractivity contribution in [1.82, 2.24) is 0 Å². The van der Waals surface area contributed by atoms with Gasteiger partial charge in [-0.2, -0.15) is 8.42 Å². The summed E-state index contributed by atoms with van der Waals surface area (Å²) in [6.07, 6.45) is 0. The summed E-state index contributed by atoms with van der Waals surface area (Å²) in [6, 6.07) is 0. The molecule has 0 saturated heterocycles. The maximum atomic E-state index is 8.74. The Bertz CT molecular complexity index is 103. The van der Waals surface area contributed by atoms with Crippen LogP contribution < -0.4 is 5.90 Å². The quantitative estimate of drug-likeness (QED) is 0.192. The van der Waals surface area contributed by atoms with Gasteiger partial charge in [0.15, 0.2) is 0 Å². The maximum Gasteiger partial charge on any atom is 0.394 e. The van der Waals surface area contributed by atoms with Gasteiger partial charge in [-0.3, -0.25) is 9.11 Å². The molecule has 14 heteroatoms. The fraction of sp³-hybridized carbons (Fsp3) is 0. The molecule has 0 aromatic rings. The maximum absolute atomic E-state index is 8.74. The second-order valence-electron chi connectivity index (χ2n) is 0.448. The van der Waals surface area contributed by atoms with Gasteiger partial charge >= 0.3 is 10.4 Å². The number of halogens is 1. The van der Waals surface area contributed by atoms with Gasteiger partial charge in [-0.1, -0.05) is 0 Å². The number of hydrogen-bond donors (Lipinski definition) is 4. The Morgan fingerprint density at radius 2 is 0.786 bits per heavy atom. The largest absolute Gasteiger partial charge is 0.412 e. The Morgan fingerprint density at radius 3 is 0.786 bits per heavy atom. The van der Waals surface area contributed by atoms with Crippen molar-refractivity contribution in [2.75, 3.05) is 0 Å². The molecule has 0 aliphatic carbocycles. The van der Waals surface area contributed by atoms with E-state index in [2.05, 4.69) is 5.90 Å². The van der Waals surface area contributed by atoms with Crippen LogP contribution in [0.5, 0.6) is 0 Å². The first-order chi connectivity index (χ1) is 3.00. The molecule has 0 aliphatic rings. The van der Waals surface area contributed by atoms with E-state index >= 15 is 0 Å². The molecule has 0 fully saturated rings. The average molecular weight is 321 g/mol. The first kappa shape index (κ1) is 88.7. The van der Waals surface area contributed by atoms with Crippen LogP contribution in [0.3, 0.4) is 0 Å². The van der Waals surface area contributed by atoms with Gasteiger partial charge in [0, 0.05) is 17.1 Å². The van der Waals surface area contributed by atoms with Crippen LogP contribution in [-0.4, -0.2) is 50.1 Å². The van der Waals surface area contributed by atoms with Crippen LogP contribution in [0, 0.1) is 0 Å². The standard InChI is InChI=1S/ClH.Cu.H3NO.H2O4S.5H2O/c;;1-2;1-5(2,3)4;;;;;/h1H;;2H,1H2;(H2,1,2,3,4);5*1H2. The molecule has 0 heterocycles. The molecule has 0 aliphatic heterocycles. The molecule has 11 nitrogen and oxygen atoms in total. The summed E-state index contributed by atoms with van der Waals surface area (Å²) in [5, 5.41) is 6.50. The van der Waals surface area contributed by atoms with Crippen molar-refractivity contribution < 1.29 is 67.2 Å². The predicted octanol–water partition coefficient (Wildman–Crippen LogP) is -5.02. The molecule has 0 spiro atoms. The minimum absolute atomic E-state index is 0. The molecule has 15 N–H and O–H groups in total. The normalized spacial score (nSPS) is 4.57. The molecule has 0 rings (SSSR count). The molecular formula is H16ClCuNO10S. The molecule has 0 bridgehead atoms. The van der Waals surface area contributed by atoms with Crippen molar-refractivity contribution in [2.45, 2.75) is 0 Å². The van der Waals surface area contributed by atoms with Crippen LogP contribution in [-0.2, 0) is 27.5 Å². The average Bonchev–Trinajstić information content (AvgIpc) is 1.36. The van der Waals surface area contributed by atoms with Gasteiger partial charge in [0.05, 0.1) is 0 Å². The van der Waals surface area contributed by atoms with E-state index < -0.39 is 10.4 Å². The van der Waals surface area contributed by atoms with Crippen LogP contribution >= 0.6 is 12.4 Å². The zero-order valence-electron chi connectivity index (χ0n) is 6.35. The third-order valence-electron chi connectivity index (χ3n) is 0. The Labute approximate surface area is 96.3 Å². The fourth-order valence-corrected chi connectivity index (χ4v) is 0. The summed E-state index contributed by atoms with van der Waals surface area (Å²) >= 11 is 0. The van der Waals surface area contributed by atoms with Gasteiger partial charge in [0.25, 0.3) is 0 Å². The molecular weight excluding hydrogens is 305 g/mol. The van der Waals surface area contributed by atoms with E-state index in [1.807, 2.05) is 0 Å². The van der Waals surface area contributed by atoms with Crippen LogP contribution in [0.4, 0.5) is 0 Å². The van der Waals surface area contributed by atoms with Crippen molar-refractivity contribution in [3.05, 3.63) is 0 Å². The molecule has 0 saturated carbocycles. The van der Waals surface area contributed by atoms with Crippen LogP contribution in [0.25, 0.3) is 0 Å². The van der Waals surface area contributed by atoms with Gasteiger partial charge < -0.3 is 32.6 Å². The van der Waals surface area contributed by atoms with Crippen molar-refractivity contribution in [2.24, 2.45) is 5.90 Å². The summed E-state index contributed by atoms with van der Waals surface area (Å²) in [4.78, 5) is 0. The molecule has 0 amide bonds. The van der Waals surface area contributed by atoms with Gasteiger partial charge in [-0.15, -0.1) is 12.4 Å². The second kappa shape index (κ2) is 50.3. The summed E-state index contributed by atoms with van der Waals surface area (Å²) in [5.74, 6) is 3.50. The smallest absolute Gasteiger partial charge is 0.394 e. The van der Waals surface area contributed by atoms with Gasteiger partial charge in [-0.05, 0) is 0 Å². The van der Waals surface area contributed by atoms with Gasteiger partial charge in [-0.25, -0.2) is 5.90 Å². The summed E-state index contributed by atoms with van der Waals surface area (Å²) in [5.41, 5.74) is 0. The topological polar surface area (TPSA) is 278 Å². The number of hydrogen-bond acceptors (Lipinski definition) is 4. The van der Waals surface area contributed by atoms with Crippen molar-refractivity contribution in [3.8, 4) is 0 Å². The molecule has 14 heavy (non-hydrogen) atoms. The van der Waals surface area contributed by atoms with E-state index in [1.54, 1.807) is 0 Å². The van der Waals surface area contributed by atoms with E-state index in [0.29, 0.717) is 0 Å². The molecule has 0 aromatic carbocycles. The molecule has 0 unspecified atom stereocenters. The number of nitrogens with two attached hydrogens (primary N) is 1. The van der Waals surface area contributed by atoms with E-state index in [0.717, 1.165) is 0 Å². The van der Waals surface area contributed by atoms with Crippen LogP contribution in [0.15, 0.2) is 0 Å². The van der Waals surface area contributed by atoms with E-state index in [1.165, 1.54) is 0 Å². The van der Waals surface area contributed by atoms with Crippen LogP contribution in [0.2, 0.25) is 0 Å². The zero-order valence-corrected chi connectivity index (χ0v) is 8.93. The SMILES string of the molecule is Cl.NO.O.O.O.O.O.O=S(=O)(O)O.[Cu]. The first-order valence-corrected chi connectivity index (χ1v) is 2.35. The van der Waals surface area contributed by atoms with E-state index in [-0.39, 0.29) is 56.9 Å². The van der Waals surface area contributed by atoms with Crippen LogP contribution in [0.1, 0.15) is 0 Å². The molecule has 105 valence electrons. The fourth-order valence-electron chi connectivity index (χ4n) is 0. The van der Waals surface area contributed by atoms with Gasteiger partial charge in [0.1, 0.15) is 0 Å². The Kier molecular flexibility index (Phi) is 319. The Balaban J connectivity index is -0.00000000377. The Morgan fingerprint density at radius 1 is 0.786 bits per heavy atom. The minimum atomic E-state index is -4.67. The summed E-state index contributed by atoms with van der Waals surface area (Å²) < 4.78 is 31.6. The van der Waals surface area contributed by atoms with E-state index in [4.69, 9.17) is 22.7 Å². The van der Waals surface area contributed by atoms with E-state index in [9.17, 15) is 0 Å². The van der Waals surface area contributed by atoms with Crippen molar-refractivity contribution in [3.63, 3.8) is 0 Å². The summed E-state index contributed by atoms with van der Waals surface area (Å²) in [6.45, 7) is 0. The monoisotopic (exact) mass is 320 g/mol. The van der Waals surface area contributed by atoms with Gasteiger partial charge in [0.2, 0.25) is 0 Å². The Hall–Kier alpha value is 0.399. The second-order valence-corrected chi connectivity index (χ2v) is 1.34. The molecule has 1 radical (unpaired) electrons. The first-order valence-electron chi connectivity index (χ1n) is 0.957. The third kappa shape index (κ3) is 10100.